The predicted molar refractivity (Wildman–Crippen MR) is 75.8 cm³/mol. The van der Waals surface area contributed by atoms with E-state index in [-0.39, 0.29) is 6.04 Å². The molecule has 0 aromatic carbocycles. The van der Waals surface area contributed by atoms with Crippen LogP contribution in [-0.4, -0.2) is 25.8 Å². The van der Waals surface area contributed by atoms with Gasteiger partial charge in [-0.05, 0) is 31.4 Å². The zero-order valence-electron chi connectivity index (χ0n) is 10.6. The number of halogens is 1. The van der Waals surface area contributed by atoms with Crippen LogP contribution in [0, 0.1) is 6.92 Å². The van der Waals surface area contributed by atoms with Crippen molar-refractivity contribution in [3.05, 3.63) is 16.5 Å². The summed E-state index contributed by atoms with van der Waals surface area (Å²) < 4.78 is 27.0. The first-order valence-corrected chi connectivity index (χ1v) is 8.89. The summed E-state index contributed by atoms with van der Waals surface area (Å²) in [6.07, 6.45) is 4.20. The van der Waals surface area contributed by atoms with Crippen LogP contribution >= 0.6 is 22.9 Å². The Morgan fingerprint density at radius 1 is 1.44 bits per heavy atom. The molecule has 0 spiro atoms. The van der Waals surface area contributed by atoms with Gasteiger partial charge in [0.25, 0.3) is 10.0 Å². The van der Waals surface area contributed by atoms with Crippen molar-refractivity contribution in [3.8, 4) is 0 Å². The van der Waals surface area contributed by atoms with Gasteiger partial charge in [0.2, 0.25) is 0 Å². The smallest absolute Gasteiger partial charge is 0.206 e. The Labute approximate surface area is 118 Å². The Morgan fingerprint density at radius 3 is 2.56 bits per heavy atom. The van der Waals surface area contributed by atoms with Crippen LogP contribution in [0.15, 0.2) is 10.3 Å². The highest BCUT2D eigenvalue weighted by Gasteiger charge is 2.31. The summed E-state index contributed by atoms with van der Waals surface area (Å²) in [5, 5.41) is 0. The Balaban J connectivity index is 2.28. The lowest BCUT2D eigenvalue weighted by molar-refractivity contribution is 0.374. The molecule has 1 fully saturated rings. The van der Waals surface area contributed by atoms with E-state index in [1.165, 1.54) is 11.3 Å². The SMILES string of the molecule is Cc1cc(S(=O)(=O)N(C)C2CCCC2)sc1CCl. The second kappa shape index (κ2) is 5.49. The maximum Gasteiger partial charge on any atom is 0.252 e. The topological polar surface area (TPSA) is 37.4 Å². The zero-order chi connectivity index (χ0) is 13.3. The highest BCUT2D eigenvalue weighted by molar-refractivity contribution is 7.91. The largest absolute Gasteiger partial charge is 0.252 e. The van der Waals surface area contributed by atoms with E-state index < -0.39 is 10.0 Å². The van der Waals surface area contributed by atoms with E-state index in [1.54, 1.807) is 17.4 Å². The first-order chi connectivity index (χ1) is 8.46. The minimum absolute atomic E-state index is 0.164. The van der Waals surface area contributed by atoms with Crippen molar-refractivity contribution in [1.82, 2.24) is 4.31 Å². The summed E-state index contributed by atoms with van der Waals surface area (Å²) in [7, 11) is -1.65. The molecule has 3 nitrogen and oxygen atoms in total. The van der Waals surface area contributed by atoms with E-state index in [0.717, 1.165) is 36.1 Å². The predicted octanol–water partition coefficient (Wildman–Crippen LogP) is 3.36. The Bertz CT molecular complexity index is 518. The second-order valence-electron chi connectivity index (χ2n) is 4.76. The van der Waals surface area contributed by atoms with Crippen molar-refractivity contribution in [2.45, 2.75) is 48.7 Å². The van der Waals surface area contributed by atoms with Crippen LogP contribution in [0.2, 0.25) is 0 Å². The quantitative estimate of drug-likeness (QED) is 0.800. The molecule has 1 aliphatic rings. The van der Waals surface area contributed by atoms with Gasteiger partial charge in [-0.3, -0.25) is 0 Å². The van der Waals surface area contributed by atoms with Crippen LogP contribution in [0.1, 0.15) is 36.1 Å². The number of hydrogen-bond acceptors (Lipinski definition) is 3. The van der Waals surface area contributed by atoms with Gasteiger partial charge in [-0.2, -0.15) is 4.31 Å². The van der Waals surface area contributed by atoms with E-state index >= 15 is 0 Å². The number of hydrogen-bond donors (Lipinski definition) is 0. The fourth-order valence-corrected chi connectivity index (χ4v) is 5.77. The van der Waals surface area contributed by atoms with E-state index in [4.69, 9.17) is 11.6 Å². The summed E-state index contributed by atoms with van der Waals surface area (Å²) in [5.41, 5.74) is 0.966. The number of rotatable bonds is 4. The lowest BCUT2D eigenvalue weighted by atomic mass is 10.3. The highest BCUT2D eigenvalue weighted by Crippen LogP contribution is 2.32. The van der Waals surface area contributed by atoms with Gasteiger partial charge in [0, 0.05) is 18.0 Å². The molecule has 0 unspecified atom stereocenters. The van der Waals surface area contributed by atoms with Gasteiger partial charge in [0.05, 0.1) is 5.88 Å². The van der Waals surface area contributed by atoms with Crippen LogP contribution in [0.4, 0.5) is 0 Å². The number of alkyl halides is 1. The first-order valence-electron chi connectivity index (χ1n) is 6.10. The standard InChI is InChI=1S/C12H18ClNO2S2/c1-9-7-12(17-11(9)8-13)18(15,16)14(2)10-5-3-4-6-10/h7,10H,3-6,8H2,1-2H3. The molecule has 1 heterocycles. The van der Waals surface area contributed by atoms with Crippen molar-refractivity contribution >= 4 is 33.0 Å². The average molecular weight is 308 g/mol. The molecule has 2 rings (SSSR count). The summed E-state index contributed by atoms with van der Waals surface area (Å²) in [6, 6.07) is 1.90. The molecule has 0 bridgehead atoms. The third kappa shape index (κ3) is 2.59. The van der Waals surface area contributed by atoms with Crippen molar-refractivity contribution in [2.24, 2.45) is 0 Å². The van der Waals surface area contributed by atoms with Crippen molar-refractivity contribution in [3.63, 3.8) is 0 Å². The lowest BCUT2D eigenvalue weighted by Crippen LogP contribution is -2.34. The molecule has 0 aliphatic heterocycles. The molecular weight excluding hydrogens is 290 g/mol. The van der Waals surface area contributed by atoms with Crippen LogP contribution in [0.3, 0.4) is 0 Å². The number of thiophene rings is 1. The van der Waals surface area contributed by atoms with Gasteiger partial charge in [0.15, 0.2) is 0 Å². The van der Waals surface area contributed by atoms with E-state index in [2.05, 4.69) is 0 Å². The van der Waals surface area contributed by atoms with Crippen LogP contribution < -0.4 is 0 Å². The minimum atomic E-state index is -3.34. The molecule has 1 aliphatic carbocycles. The molecule has 102 valence electrons. The molecule has 18 heavy (non-hydrogen) atoms. The second-order valence-corrected chi connectivity index (χ2v) is 8.39. The van der Waals surface area contributed by atoms with Gasteiger partial charge in [0.1, 0.15) is 4.21 Å². The first kappa shape index (κ1) is 14.3. The Hall–Kier alpha value is -0.100. The number of aryl methyl sites for hydroxylation is 1. The minimum Gasteiger partial charge on any atom is -0.206 e. The van der Waals surface area contributed by atoms with Gasteiger partial charge >= 0.3 is 0 Å². The molecule has 1 aromatic rings. The van der Waals surface area contributed by atoms with E-state index in [1.807, 2.05) is 6.92 Å². The van der Waals surface area contributed by atoms with Crippen molar-refractivity contribution in [1.29, 1.82) is 0 Å². The molecule has 0 radical (unpaired) electrons. The maximum absolute atomic E-state index is 12.5. The van der Waals surface area contributed by atoms with E-state index in [9.17, 15) is 8.42 Å². The van der Waals surface area contributed by atoms with Crippen molar-refractivity contribution < 1.29 is 8.42 Å². The molecular formula is C12H18ClNO2S2. The fraction of sp³-hybridized carbons (Fsp3) is 0.667. The Morgan fingerprint density at radius 2 is 2.06 bits per heavy atom. The highest BCUT2D eigenvalue weighted by atomic mass is 35.5. The summed E-state index contributed by atoms with van der Waals surface area (Å²) in [4.78, 5) is 0.940. The molecule has 0 saturated heterocycles. The molecule has 1 aromatic heterocycles. The molecule has 6 heteroatoms. The van der Waals surface area contributed by atoms with Crippen LogP contribution in [-0.2, 0) is 15.9 Å². The van der Waals surface area contributed by atoms with Crippen molar-refractivity contribution in [2.75, 3.05) is 7.05 Å². The van der Waals surface area contributed by atoms with Crippen LogP contribution in [0.25, 0.3) is 0 Å². The van der Waals surface area contributed by atoms with Gasteiger partial charge in [-0.25, -0.2) is 8.42 Å². The monoisotopic (exact) mass is 307 g/mol. The fourth-order valence-electron chi connectivity index (χ4n) is 2.35. The summed E-state index contributed by atoms with van der Waals surface area (Å²) in [5.74, 6) is 0.374. The third-order valence-corrected chi connectivity index (χ3v) is 7.61. The number of nitrogens with zero attached hydrogens (tertiary/aromatic N) is 1. The molecule has 1 saturated carbocycles. The van der Waals surface area contributed by atoms with Gasteiger partial charge in [-0.1, -0.05) is 12.8 Å². The number of sulfonamides is 1. The third-order valence-electron chi connectivity index (χ3n) is 3.59. The lowest BCUT2D eigenvalue weighted by Gasteiger charge is -2.22. The summed E-state index contributed by atoms with van der Waals surface area (Å²) in [6.45, 7) is 1.91. The van der Waals surface area contributed by atoms with Crippen LogP contribution in [0.5, 0.6) is 0 Å². The van der Waals surface area contributed by atoms with Gasteiger partial charge < -0.3 is 0 Å². The summed E-state index contributed by atoms with van der Waals surface area (Å²) >= 11 is 7.10. The van der Waals surface area contributed by atoms with Gasteiger partial charge in [-0.15, -0.1) is 22.9 Å². The molecule has 0 N–H and O–H groups in total. The molecule has 0 atom stereocenters. The van der Waals surface area contributed by atoms with E-state index in [0.29, 0.717) is 10.1 Å². The maximum atomic E-state index is 12.5. The zero-order valence-corrected chi connectivity index (χ0v) is 13.0. The molecule has 0 amide bonds. The average Bonchev–Trinajstić information content (AvgIpc) is 2.96. The Kier molecular flexibility index (Phi) is 4.36. The normalized spacial score (nSPS) is 17.8.